The lowest BCUT2D eigenvalue weighted by Crippen LogP contribution is -2.38. The van der Waals surface area contributed by atoms with Crippen LogP contribution in [0.3, 0.4) is 0 Å². The first-order valence-corrected chi connectivity index (χ1v) is 11.5. The van der Waals surface area contributed by atoms with E-state index in [1.165, 1.54) is 9.14 Å². The fraction of sp³-hybridized carbons (Fsp3) is 0.400. The van der Waals surface area contributed by atoms with Crippen LogP contribution in [-0.4, -0.2) is 29.4 Å². The number of hydrogen-bond donors (Lipinski definition) is 0. The van der Waals surface area contributed by atoms with E-state index in [2.05, 4.69) is 109 Å². The number of rotatable bonds is 7. The summed E-state index contributed by atoms with van der Waals surface area (Å²) in [7, 11) is 0. The molecule has 0 aliphatic carbocycles. The third kappa shape index (κ3) is 6.41. The van der Waals surface area contributed by atoms with Crippen molar-refractivity contribution in [1.82, 2.24) is 4.90 Å². The molecular weight excluding hydrogens is 471 g/mol. The van der Waals surface area contributed by atoms with E-state index in [4.69, 9.17) is 9.73 Å². The summed E-state index contributed by atoms with van der Waals surface area (Å²) in [4.78, 5) is 7.61. The quantitative estimate of drug-likeness (QED) is 0.248. The van der Waals surface area contributed by atoms with Gasteiger partial charge in [0.05, 0.1) is 19.3 Å². The van der Waals surface area contributed by atoms with Crippen LogP contribution >= 0.6 is 22.6 Å². The molecule has 3 rings (SSSR count). The molecule has 0 radical (unpaired) electrons. The fourth-order valence-corrected chi connectivity index (χ4v) is 4.00. The Labute approximate surface area is 189 Å². The van der Waals surface area contributed by atoms with E-state index < -0.39 is 0 Å². The molecule has 0 bridgehead atoms. The van der Waals surface area contributed by atoms with Gasteiger partial charge in [0.25, 0.3) is 0 Å². The van der Waals surface area contributed by atoms with Crippen LogP contribution in [-0.2, 0) is 11.3 Å². The minimum atomic E-state index is 0.106. The molecule has 2 atom stereocenters. The molecule has 29 heavy (non-hydrogen) atoms. The molecule has 0 saturated heterocycles. The van der Waals surface area contributed by atoms with Gasteiger partial charge in [0.1, 0.15) is 5.84 Å². The largest absolute Gasteiger partial charge is 0.375 e. The zero-order chi connectivity index (χ0) is 20.6. The smallest absolute Gasteiger partial charge is 0.135 e. The van der Waals surface area contributed by atoms with Gasteiger partial charge in [-0.25, -0.2) is 0 Å². The van der Waals surface area contributed by atoms with E-state index in [0.29, 0.717) is 25.2 Å². The molecule has 2 aromatic carbocycles. The summed E-state index contributed by atoms with van der Waals surface area (Å²) in [5.74, 6) is 1.45. The molecule has 3 nitrogen and oxygen atoms in total. The first-order valence-electron chi connectivity index (χ1n) is 10.4. The Morgan fingerprint density at radius 2 is 1.76 bits per heavy atom. The van der Waals surface area contributed by atoms with Crippen molar-refractivity contribution in [3.05, 3.63) is 81.6 Å². The van der Waals surface area contributed by atoms with Crippen LogP contribution < -0.4 is 0 Å². The highest BCUT2D eigenvalue weighted by Crippen LogP contribution is 2.27. The zero-order valence-corrected chi connectivity index (χ0v) is 19.7. The summed E-state index contributed by atoms with van der Waals surface area (Å²) in [6.45, 7) is 7.97. The van der Waals surface area contributed by atoms with Gasteiger partial charge in [0, 0.05) is 21.4 Å². The lowest BCUT2D eigenvalue weighted by Gasteiger charge is -2.34. The number of nitrogens with zero attached hydrogens (tertiary/aromatic N) is 2. The average Bonchev–Trinajstić information content (AvgIpc) is 2.74. The molecule has 0 spiro atoms. The molecule has 0 amide bonds. The first-order chi connectivity index (χ1) is 14.0. The third-order valence-corrected chi connectivity index (χ3v) is 6.11. The predicted molar refractivity (Wildman–Crippen MR) is 130 cm³/mol. The van der Waals surface area contributed by atoms with Gasteiger partial charge in [-0.05, 0) is 53.8 Å². The lowest BCUT2D eigenvalue weighted by molar-refractivity contribution is 0.0976. The fourth-order valence-electron chi connectivity index (χ4n) is 3.38. The lowest BCUT2D eigenvalue weighted by atomic mass is 10.0. The molecule has 1 aliphatic heterocycles. The summed E-state index contributed by atoms with van der Waals surface area (Å²) in [6.07, 6.45) is 4.56. The van der Waals surface area contributed by atoms with Gasteiger partial charge in [0.2, 0.25) is 0 Å². The van der Waals surface area contributed by atoms with Crippen molar-refractivity contribution in [1.29, 1.82) is 0 Å². The Morgan fingerprint density at radius 1 is 1.10 bits per heavy atom. The topological polar surface area (TPSA) is 24.8 Å². The Hall–Kier alpha value is -1.66. The second-order valence-corrected chi connectivity index (χ2v) is 9.39. The molecule has 2 aromatic rings. The standard InChI is InChI=1S/C25H31IN2O/c1-19(2)24(18-29-17-21-10-6-4-7-11-21)27-25(22-12-8-5-9-13-22)28-16-23(26)15-14-20(28)3/h4-13,16,19-20,24H,14-15,17-18H2,1-3H3/t20-,24-/m1/s1. The van der Waals surface area contributed by atoms with Crippen LogP contribution in [0.15, 0.2) is 75.4 Å². The Kier molecular flexibility index (Phi) is 8.30. The van der Waals surface area contributed by atoms with Crippen LogP contribution in [0.2, 0.25) is 0 Å². The SMILES string of the molecule is CC(C)[C@@H](COCc1ccccc1)N=C(c1ccccc1)N1C=C(I)CC[C@H]1C. The normalized spacial score (nSPS) is 18.7. The van der Waals surface area contributed by atoms with Crippen molar-refractivity contribution in [3.8, 4) is 0 Å². The maximum absolute atomic E-state index is 6.07. The van der Waals surface area contributed by atoms with Gasteiger partial charge in [-0.3, -0.25) is 4.99 Å². The average molecular weight is 502 g/mol. The number of aliphatic imine (C=N–C) groups is 1. The minimum Gasteiger partial charge on any atom is -0.375 e. The van der Waals surface area contributed by atoms with Gasteiger partial charge < -0.3 is 9.64 Å². The maximum atomic E-state index is 6.07. The molecule has 0 aromatic heterocycles. The van der Waals surface area contributed by atoms with Gasteiger partial charge in [-0.15, -0.1) is 0 Å². The molecule has 1 aliphatic rings. The van der Waals surface area contributed by atoms with E-state index >= 15 is 0 Å². The number of hydrogen-bond acceptors (Lipinski definition) is 2. The van der Waals surface area contributed by atoms with Gasteiger partial charge >= 0.3 is 0 Å². The second-order valence-electron chi connectivity index (χ2n) is 8.00. The molecule has 0 N–H and O–H groups in total. The van der Waals surface area contributed by atoms with Crippen molar-refractivity contribution in [2.24, 2.45) is 10.9 Å². The highest BCUT2D eigenvalue weighted by atomic mass is 127. The minimum absolute atomic E-state index is 0.106. The highest BCUT2D eigenvalue weighted by molar-refractivity contribution is 14.1. The molecule has 0 saturated carbocycles. The van der Waals surface area contributed by atoms with Gasteiger partial charge in [-0.2, -0.15) is 0 Å². The number of halogens is 1. The van der Waals surface area contributed by atoms with Crippen molar-refractivity contribution in [2.75, 3.05) is 6.61 Å². The second kappa shape index (κ2) is 10.9. The Balaban J connectivity index is 1.84. The Morgan fingerprint density at radius 3 is 2.41 bits per heavy atom. The summed E-state index contributed by atoms with van der Waals surface area (Å²) < 4.78 is 7.45. The monoisotopic (exact) mass is 502 g/mol. The number of benzene rings is 2. The van der Waals surface area contributed by atoms with E-state index in [9.17, 15) is 0 Å². The Bertz CT molecular complexity index is 817. The van der Waals surface area contributed by atoms with Gasteiger partial charge in [0.15, 0.2) is 0 Å². The third-order valence-electron chi connectivity index (χ3n) is 5.29. The predicted octanol–water partition coefficient (Wildman–Crippen LogP) is 6.44. The van der Waals surface area contributed by atoms with Crippen LogP contribution in [0.5, 0.6) is 0 Å². The van der Waals surface area contributed by atoms with Crippen molar-refractivity contribution < 1.29 is 4.74 Å². The zero-order valence-electron chi connectivity index (χ0n) is 17.6. The van der Waals surface area contributed by atoms with E-state index in [1.54, 1.807) is 0 Å². The number of allylic oxidation sites excluding steroid dienone is 1. The number of amidine groups is 1. The van der Waals surface area contributed by atoms with E-state index in [-0.39, 0.29) is 6.04 Å². The van der Waals surface area contributed by atoms with Crippen LogP contribution in [0.25, 0.3) is 0 Å². The van der Waals surface area contributed by atoms with Crippen molar-refractivity contribution >= 4 is 28.4 Å². The van der Waals surface area contributed by atoms with Crippen molar-refractivity contribution in [2.45, 2.75) is 52.3 Å². The molecule has 0 unspecified atom stereocenters. The summed E-state index contributed by atoms with van der Waals surface area (Å²) in [5, 5.41) is 0. The summed E-state index contributed by atoms with van der Waals surface area (Å²) >= 11 is 2.45. The molecular formula is C25H31IN2O. The molecule has 154 valence electrons. The van der Waals surface area contributed by atoms with Crippen LogP contribution in [0.1, 0.15) is 44.7 Å². The van der Waals surface area contributed by atoms with Gasteiger partial charge in [-0.1, -0.05) is 74.5 Å². The molecule has 0 fully saturated rings. The van der Waals surface area contributed by atoms with Crippen LogP contribution in [0, 0.1) is 5.92 Å². The van der Waals surface area contributed by atoms with E-state index in [1.807, 2.05) is 6.07 Å². The summed E-state index contributed by atoms with van der Waals surface area (Å²) in [5.41, 5.74) is 2.36. The number of ether oxygens (including phenoxy) is 1. The van der Waals surface area contributed by atoms with Crippen LogP contribution in [0.4, 0.5) is 0 Å². The van der Waals surface area contributed by atoms with E-state index in [0.717, 1.165) is 24.2 Å². The summed E-state index contributed by atoms with van der Waals surface area (Å²) in [6, 6.07) is 21.4. The highest BCUT2D eigenvalue weighted by Gasteiger charge is 2.24. The molecule has 4 heteroatoms. The van der Waals surface area contributed by atoms with Crippen molar-refractivity contribution in [3.63, 3.8) is 0 Å². The maximum Gasteiger partial charge on any atom is 0.135 e. The molecule has 1 heterocycles. The first kappa shape index (κ1) is 22.0.